The van der Waals surface area contributed by atoms with E-state index in [4.69, 9.17) is 10.2 Å². The second-order valence-corrected chi connectivity index (χ2v) is 4.67. The third-order valence-electron chi connectivity index (χ3n) is 3.03. The predicted octanol–water partition coefficient (Wildman–Crippen LogP) is 1.36. The van der Waals surface area contributed by atoms with Crippen LogP contribution in [0.5, 0.6) is 0 Å². The van der Waals surface area contributed by atoms with E-state index in [9.17, 15) is 9.59 Å². The monoisotopic (exact) mass is 287 g/mol. The van der Waals surface area contributed by atoms with Crippen molar-refractivity contribution in [3.63, 3.8) is 0 Å². The van der Waals surface area contributed by atoms with Gasteiger partial charge in [0, 0.05) is 0 Å². The molecule has 6 heteroatoms. The van der Waals surface area contributed by atoms with Crippen LogP contribution in [0.4, 0.5) is 0 Å². The molecule has 0 saturated carbocycles. The summed E-state index contributed by atoms with van der Waals surface area (Å²) in [5.41, 5.74) is 11.6. The number of rotatable bonds is 5. The van der Waals surface area contributed by atoms with Crippen LogP contribution in [0.25, 0.3) is 0 Å². The Morgan fingerprint density at radius 1 is 1.19 bits per heavy atom. The number of nitrogens with one attached hydrogen (secondary N) is 2. The molecule has 2 amide bonds. The second kappa shape index (κ2) is 6.23. The number of benzene rings is 1. The van der Waals surface area contributed by atoms with Gasteiger partial charge in [-0.2, -0.15) is 0 Å². The fraction of sp³-hybridized carbons (Fsp3) is 0.200. The Kier molecular flexibility index (Phi) is 4.39. The largest absolute Gasteiger partial charge is 0.466 e. The van der Waals surface area contributed by atoms with E-state index in [1.807, 2.05) is 6.07 Å². The van der Waals surface area contributed by atoms with Gasteiger partial charge in [0.25, 0.3) is 5.91 Å². The highest BCUT2D eigenvalue weighted by Crippen LogP contribution is 2.14. The molecule has 0 aliphatic carbocycles. The molecule has 0 aliphatic rings. The van der Waals surface area contributed by atoms with E-state index in [0.29, 0.717) is 22.6 Å². The van der Waals surface area contributed by atoms with E-state index in [-0.39, 0.29) is 5.91 Å². The van der Waals surface area contributed by atoms with Crippen LogP contribution < -0.4 is 16.6 Å². The van der Waals surface area contributed by atoms with Gasteiger partial charge in [-0.05, 0) is 25.5 Å². The first-order valence-corrected chi connectivity index (χ1v) is 6.46. The van der Waals surface area contributed by atoms with Crippen LogP contribution in [0, 0.1) is 13.8 Å². The van der Waals surface area contributed by atoms with Crippen LogP contribution >= 0.6 is 0 Å². The lowest BCUT2D eigenvalue weighted by Crippen LogP contribution is -2.45. The molecule has 0 unspecified atom stereocenters. The molecular formula is C15H17N3O3. The number of hydrazine groups is 1. The molecule has 0 fully saturated rings. The van der Waals surface area contributed by atoms with Gasteiger partial charge in [-0.3, -0.25) is 15.0 Å². The number of primary amides is 1. The number of nitrogens with two attached hydrogens (primary N) is 1. The number of carbonyl (C=O) groups excluding carboxylic acids is 2. The maximum Gasteiger partial charge on any atom is 0.268 e. The summed E-state index contributed by atoms with van der Waals surface area (Å²) in [6.07, 6.45) is 0. The summed E-state index contributed by atoms with van der Waals surface area (Å²) < 4.78 is 5.29. The molecule has 2 rings (SSSR count). The molecule has 0 saturated heterocycles. The Morgan fingerprint density at radius 2 is 1.86 bits per heavy atom. The fourth-order valence-electron chi connectivity index (χ4n) is 2.03. The third-order valence-corrected chi connectivity index (χ3v) is 3.03. The highest BCUT2D eigenvalue weighted by molar-refractivity contribution is 5.95. The molecule has 1 heterocycles. The first-order valence-electron chi connectivity index (χ1n) is 6.46. The minimum Gasteiger partial charge on any atom is -0.466 e. The standard InChI is InChI=1S/C15H17N3O3/c1-9-8-12(10(2)21-9)15(20)18-17-13(14(16)19)11-6-4-3-5-7-11/h3-8,13,17H,1-2H3,(H2,16,19)(H,18,20)/t13-/m1/s1. The van der Waals surface area contributed by atoms with Crippen molar-refractivity contribution in [1.82, 2.24) is 10.9 Å². The molecule has 6 nitrogen and oxygen atoms in total. The van der Waals surface area contributed by atoms with E-state index in [0.717, 1.165) is 0 Å². The lowest BCUT2D eigenvalue weighted by molar-refractivity contribution is -0.120. The molecular weight excluding hydrogens is 270 g/mol. The highest BCUT2D eigenvalue weighted by atomic mass is 16.3. The number of aryl methyl sites for hydroxylation is 2. The maximum absolute atomic E-state index is 12.1. The average Bonchev–Trinajstić information content (AvgIpc) is 2.78. The molecule has 1 atom stereocenters. The Balaban J connectivity index is 2.08. The van der Waals surface area contributed by atoms with Gasteiger partial charge in [-0.1, -0.05) is 30.3 Å². The Bertz CT molecular complexity index is 649. The Morgan fingerprint density at radius 3 is 2.38 bits per heavy atom. The van der Waals surface area contributed by atoms with Crippen LogP contribution in [0.2, 0.25) is 0 Å². The number of furan rings is 1. The third kappa shape index (κ3) is 3.49. The number of hydrogen-bond acceptors (Lipinski definition) is 4. The molecule has 1 aromatic heterocycles. The summed E-state index contributed by atoms with van der Waals surface area (Å²) in [5, 5.41) is 0. The Hall–Kier alpha value is -2.60. The zero-order valence-electron chi connectivity index (χ0n) is 11.8. The summed E-state index contributed by atoms with van der Waals surface area (Å²) in [6.45, 7) is 3.46. The maximum atomic E-state index is 12.1. The van der Waals surface area contributed by atoms with E-state index in [1.54, 1.807) is 44.2 Å². The van der Waals surface area contributed by atoms with Crippen LogP contribution in [0.15, 0.2) is 40.8 Å². The van der Waals surface area contributed by atoms with Crippen LogP contribution in [-0.4, -0.2) is 11.8 Å². The van der Waals surface area contributed by atoms with E-state index < -0.39 is 11.9 Å². The van der Waals surface area contributed by atoms with Gasteiger partial charge in [0.2, 0.25) is 5.91 Å². The molecule has 2 aromatic rings. The second-order valence-electron chi connectivity index (χ2n) is 4.67. The van der Waals surface area contributed by atoms with Crippen molar-refractivity contribution < 1.29 is 14.0 Å². The predicted molar refractivity (Wildman–Crippen MR) is 77.2 cm³/mol. The van der Waals surface area contributed by atoms with Gasteiger partial charge in [0.05, 0.1) is 5.56 Å². The lowest BCUT2D eigenvalue weighted by atomic mass is 10.1. The molecule has 0 spiro atoms. The average molecular weight is 287 g/mol. The van der Waals surface area contributed by atoms with Crippen LogP contribution in [-0.2, 0) is 4.79 Å². The van der Waals surface area contributed by atoms with Gasteiger partial charge >= 0.3 is 0 Å². The Labute approximate surface area is 122 Å². The SMILES string of the molecule is Cc1cc(C(=O)NN[C@@H](C(N)=O)c2ccccc2)c(C)o1. The zero-order valence-corrected chi connectivity index (χ0v) is 11.8. The summed E-state index contributed by atoms with van der Waals surface area (Å²) in [7, 11) is 0. The smallest absolute Gasteiger partial charge is 0.268 e. The minimum atomic E-state index is -0.802. The molecule has 0 radical (unpaired) electrons. The highest BCUT2D eigenvalue weighted by Gasteiger charge is 2.19. The molecule has 0 bridgehead atoms. The topological polar surface area (TPSA) is 97.4 Å². The lowest BCUT2D eigenvalue weighted by Gasteiger charge is -2.16. The minimum absolute atomic E-state index is 0.383. The summed E-state index contributed by atoms with van der Waals surface area (Å²) >= 11 is 0. The van der Waals surface area contributed by atoms with Gasteiger partial charge in [-0.15, -0.1) is 0 Å². The normalized spacial score (nSPS) is 11.9. The number of amides is 2. The van der Waals surface area contributed by atoms with Gasteiger partial charge < -0.3 is 10.2 Å². The van der Waals surface area contributed by atoms with E-state index in [2.05, 4.69) is 10.9 Å². The van der Waals surface area contributed by atoms with E-state index >= 15 is 0 Å². The van der Waals surface area contributed by atoms with Crippen molar-refractivity contribution in [1.29, 1.82) is 0 Å². The number of hydrogen-bond donors (Lipinski definition) is 3. The van der Waals surface area contributed by atoms with Crippen molar-refractivity contribution in [2.45, 2.75) is 19.9 Å². The summed E-state index contributed by atoms with van der Waals surface area (Å²) in [5.74, 6) is 0.197. The molecule has 0 aliphatic heterocycles. The molecule has 110 valence electrons. The van der Waals surface area contributed by atoms with E-state index in [1.165, 1.54) is 0 Å². The van der Waals surface area contributed by atoms with Gasteiger partial charge in [-0.25, -0.2) is 5.43 Å². The van der Waals surface area contributed by atoms with Crippen molar-refractivity contribution in [2.24, 2.45) is 5.73 Å². The summed E-state index contributed by atoms with van der Waals surface area (Å²) in [6, 6.07) is 9.75. The summed E-state index contributed by atoms with van der Waals surface area (Å²) in [4.78, 5) is 23.6. The first kappa shape index (κ1) is 14.8. The van der Waals surface area contributed by atoms with Gasteiger partial charge in [0.15, 0.2) is 0 Å². The number of carbonyl (C=O) groups is 2. The molecule has 1 aromatic carbocycles. The van der Waals surface area contributed by atoms with Gasteiger partial charge in [0.1, 0.15) is 17.6 Å². The van der Waals surface area contributed by atoms with Crippen molar-refractivity contribution in [3.8, 4) is 0 Å². The molecule has 4 N–H and O–H groups in total. The van der Waals surface area contributed by atoms with Crippen LogP contribution in [0.1, 0.15) is 33.5 Å². The zero-order chi connectivity index (χ0) is 15.4. The fourth-order valence-corrected chi connectivity index (χ4v) is 2.03. The van der Waals surface area contributed by atoms with Crippen molar-refractivity contribution >= 4 is 11.8 Å². The van der Waals surface area contributed by atoms with Crippen molar-refractivity contribution in [3.05, 3.63) is 59.0 Å². The van der Waals surface area contributed by atoms with Crippen molar-refractivity contribution in [2.75, 3.05) is 0 Å². The molecule has 21 heavy (non-hydrogen) atoms. The quantitative estimate of drug-likeness (QED) is 0.723. The first-order chi connectivity index (χ1) is 9.99. The van der Waals surface area contributed by atoms with Crippen LogP contribution in [0.3, 0.4) is 0 Å².